The number of carbonyl (C=O) groups is 1. The van der Waals surface area contributed by atoms with Crippen LogP contribution in [0, 0.1) is 0 Å². The lowest BCUT2D eigenvalue weighted by atomic mass is 9.96. The van der Waals surface area contributed by atoms with E-state index in [0.717, 1.165) is 11.0 Å². The number of ether oxygens (including phenoxy) is 1. The summed E-state index contributed by atoms with van der Waals surface area (Å²) >= 11 is 0. The van der Waals surface area contributed by atoms with Gasteiger partial charge in [-0.2, -0.15) is 0 Å². The Hall–Kier alpha value is -2.91. The Morgan fingerprint density at radius 1 is 1.13 bits per heavy atom. The second kappa shape index (κ2) is 9.27. The highest BCUT2D eigenvalue weighted by Gasteiger charge is 2.31. The van der Waals surface area contributed by atoms with Crippen molar-refractivity contribution in [3.8, 4) is 5.75 Å². The molecule has 1 atom stereocenters. The number of nitrogens with zero attached hydrogens (tertiary/aromatic N) is 3. The van der Waals surface area contributed by atoms with E-state index in [0.29, 0.717) is 31.7 Å². The summed E-state index contributed by atoms with van der Waals surface area (Å²) < 4.78 is 7.93. The normalized spacial score (nSPS) is 19.8. The van der Waals surface area contributed by atoms with Gasteiger partial charge in [0.05, 0.1) is 12.1 Å². The Morgan fingerprint density at radius 3 is 2.60 bits per heavy atom. The van der Waals surface area contributed by atoms with E-state index >= 15 is 0 Å². The smallest absolute Gasteiger partial charge is 0.332 e. The molecule has 0 aliphatic carbocycles. The van der Waals surface area contributed by atoms with Crippen molar-refractivity contribution in [1.29, 1.82) is 0 Å². The molecule has 0 spiro atoms. The van der Waals surface area contributed by atoms with Crippen LogP contribution in [0.15, 0.2) is 46.0 Å². The van der Waals surface area contributed by atoms with Crippen molar-refractivity contribution in [2.75, 3.05) is 31.6 Å². The van der Waals surface area contributed by atoms with Crippen LogP contribution in [-0.2, 0) is 18.9 Å². The van der Waals surface area contributed by atoms with Crippen LogP contribution in [0.1, 0.15) is 19.3 Å². The summed E-state index contributed by atoms with van der Waals surface area (Å²) in [6, 6.07) is 10.6. The number of likely N-dealkylation sites (tertiary alicyclic amines) is 1. The largest absolute Gasteiger partial charge is 0.491 e. The van der Waals surface area contributed by atoms with Gasteiger partial charge in [-0.3, -0.25) is 23.6 Å². The molecule has 1 aromatic carbocycles. The van der Waals surface area contributed by atoms with Crippen LogP contribution in [-0.4, -0.2) is 56.9 Å². The number of para-hydroxylation sites is 1. The fraction of sp³-hybridized carbons (Fsp3) is 0.476. The molecule has 2 heterocycles. The molecule has 1 aromatic heterocycles. The minimum absolute atomic E-state index is 0.110. The minimum atomic E-state index is -0.948. The lowest BCUT2D eigenvalue weighted by molar-refractivity contribution is -0.117. The summed E-state index contributed by atoms with van der Waals surface area (Å²) in [5.74, 6) is 0.561. The first kappa shape index (κ1) is 21.8. The van der Waals surface area contributed by atoms with Gasteiger partial charge in [-0.05, 0) is 37.9 Å². The maximum atomic E-state index is 12.5. The number of hydrogen-bond donors (Lipinski definition) is 2. The van der Waals surface area contributed by atoms with Gasteiger partial charge in [0.2, 0.25) is 5.91 Å². The van der Waals surface area contributed by atoms with Gasteiger partial charge in [-0.15, -0.1) is 0 Å². The lowest BCUT2D eigenvalue weighted by Gasteiger charge is -2.27. The van der Waals surface area contributed by atoms with E-state index < -0.39 is 16.9 Å². The molecule has 1 unspecified atom stereocenters. The van der Waals surface area contributed by atoms with Crippen molar-refractivity contribution in [3.05, 3.63) is 57.2 Å². The van der Waals surface area contributed by atoms with E-state index in [2.05, 4.69) is 5.32 Å². The molecule has 9 heteroatoms. The number of hydrogen-bond acceptors (Lipinski definition) is 6. The Kier molecular flexibility index (Phi) is 6.73. The third-order valence-electron chi connectivity index (χ3n) is 5.42. The van der Waals surface area contributed by atoms with Gasteiger partial charge >= 0.3 is 5.69 Å². The zero-order chi connectivity index (χ0) is 21.7. The first-order chi connectivity index (χ1) is 14.3. The monoisotopic (exact) mass is 416 g/mol. The predicted molar refractivity (Wildman–Crippen MR) is 113 cm³/mol. The van der Waals surface area contributed by atoms with E-state index in [4.69, 9.17) is 4.74 Å². The number of carbonyl (C=O) groups excluding carboxylic acids is 1. The third-order valence-corrected chi connectivity index (χ3v) is 5.42. The number of amides is 1. The average Bonchev–Trinajstić information content (AvgIpc) is 2.91. The van der Waals surface area contributed by atoms with Crippen molar-refractivity contribution in [2.24, 2.45) is 14.1 Å². The van der Waals surface area contributed by atoms with E-state index in [1.165, 1.54) is 24.7 Å². The van der Waals surface area contributed by atoms with Crippen molar-refractivity contribution in [3.63, 3.8) is 0 Å². The second-order valence-electron chi connectivity index (χ2n) is 7.77. The number of benzene rings is 1. The van der Waals surface area contributed by atoms with Crippen LogP contribution in [0.2, 0.25) is 0 Å². The fourth-order valence-corrected chi connectivity index (χ4v) is 3.51. The van der Waals surface area contributed by atoms with Crippen LogP contribution < -0.4 is 21.3 Å². The zero-order valence-electron chi connectivity index (χ0n) is 17.3. The van der Waals surface area contributed by atoms with E-state index in [1.807, 2.05) is 35.2 Å². The molecule has 30 heavy (non-hydrogen) atoms. The van der Waals surface area contributed by atoms with E-state index in [1.54, 1.807) is 0 Å². The fourth-order valence-electron chi connectivity index (χ4n) is 3.51. The molecule has 2 N–H and O–H groups in total. The van der Waals surface area contributed by atoms with Gasteiger partial charge in [0, 0.05) is 26.7 Å². The van der Waals surface area contributed by atoms with Crippen molar-refractivity contribution < 1.29 is 14.6 Å². The van der Waals surface area contributed by atoms with Crippen LogP contribution in [0.4, 0.5) is 5.82 Å². The topological polar surface area (TPSA) is 106 Å². The first-order valence-corrected chi connectivity index (χ1v) is 9.97. The lowest BCUT2D eigenvalue weighted by Crippen LogP contribution is -2.40. The molecule has 2 aromatic rings. The zero-order valence-corrected chi connectivity index (χ0v) is 17.3. The van der Waals surface area contributed by atoms with Crippen LogP contribution in [0.5, 0.6) is 5.75 Å². The molecule has 9 nitrogen and oxygen atoms in total. The Morgan fingerprint density at radius 2 is 1.87 bits per heavy atom. The molecule has 0 bridgehead atoms. The molecule has 0 radical (unpaired) electrons. The van der Waals surface area contributed by atoms with Crippen molar-refractivity contribution >= 4 is 11.7 Å². The molecule has 162 valence electrons. The number of rotatable bonds is 6. The van der Waals surface area contributed by atoms with Crippen molar-refractivity contribution in [2.45, 2.75) is 24.9 Å². The number of aliphatic hydroxyl groups is 1. The predicted octanol–water partition coefficient (Wildman–Crippen LogP) is 0.318. The Balaban J connectivity index is 1.55. The summed E-state index contributed by atoms with van der Waals surface area (Å²) in [4.78, 5) is 38.2. The molecule has 1 aliphatic rings. The Labute approximate surface area is 174 Å². The second-order valence-corrected chi connectivity index (χ2v) is 7.77. The minimum Gasteiger partial charge on any atom is -0.491 e. The van der Waals surface area contributed by atoms with Gasteiger partial charge in [0.25, 0.3) is 5.56 Å². The molecular formula is C21H28N4O5. The Bertz CT molecular complexity index is 1000. The summed E-state index contributed by atoms with van der Waals surface area (Å²) in [7, 11) is 2.88. The number of nitrogens with one attached hydrogen (secondary N) is 1. The highest BCUT2D eigenvalue weighted by Crippen LogP contribution is 2.24. The average molecular weight is 416 g/mol. The van der Waals surface area contributed by atoms with Crippen LogP contribution >= 0.6 is 0 Å². The third kappa shape index (κ3) is 5.37. The van der Waals surface area contributed by atoms with Gasteiger partial charge in [-0.1, -0.05) is 18.2 Å². The van der Waals surface area contributed by atoms with Gasteiger partial charge in [-0.25, -0.2) is 4.79 Å². The van der Waals surface area contributed by atoms with Gasteiger partial charge in [0.1, 0.15) is 18.2 Å². The first-order valence-electron chi connectivity index (χ1n) is 9.97. The quantitative estimate of drug-likeness (QED) is 0.703. The number of anilines is 1. The summed E-state index contributed by atoms with van der Waals surface area (Å²) in [5.41, 5.74) is -1.93. The molecule has 1 saturated heterocycles. The standard InChI is InChI=1S/C21H28N4O5/c1-23-17(13-19(27)24(2)20(23)28)22-18(26)14-25-11-6-9-21(29,10-12-25)15-30-16-7-4-3-5-8-16/h3-5,7-8,13,29H,6,9-12,14-15H2,1-2H3,(H,22,26). The molecule has 1 fully saturated rings. The van der Waals surface area contributed by atoms with Crippen LogP contribution in [0.25, 0.3) is 0 Å². The highest BCUT2D eigenvalue weighted by molar-refractivity contribution is 5.91. The van der Waals surface area contributed by atoms with E-state index in [9.17, 15) is 19.5 Å². The molecule has 1 aliphatic heterocycles. The summed E-state index contributed by atoms with van der Waals surface area (Å²) in [6.45, 7) is 1.51. The van der Waals surface area contributed by atoms with Gasteiger partial charge < -0.3 is 15.2 Å². The SMILES string of the molecule is Cn1c(NC(=O)CN2CCCC(O)(COc3ccccc3)CC2)cc(=O)n(C)c1=O. The van der Waals surface area contributed by atoms with Gasteiger partial charge in [0.15, 0.2) is 0 Å². The summed E-state index contributed by atoms with van der Waals surface area (Å²) in [6.07, 6.45) is 1.80. The van der Waals surface area contributed by atoms with Crippen LogP contribution in [0.3, 0.4) is 0 Å². The number of aromatic nitrogens is 2. The molecule has 3 rings (SSSR count). The molecular weight excluding hydrogens is 388 g/mol. The summed E-state index contributed by atoms with van der Waals surface area (Å²) in [5, 5.41) is 13.5. The maximum absolute atomic E-state index is 12.5. The molecule has 0 saturated carbocycles. The highest BCUT2D eigenvalue weighted by atomic mass is 16.5. The van der Waals surface area contributed by atoms with E-state index in [-0.39, 0.29) is 24.9 Å². The maximum Gasteiger partial charge on any atom is 0.332 e. The van der Waals surface area contributed by atoms with Crippen molar-refractivity contribution in [1.82, 2.24) is 14.0 Å². The molecule has 1 amide bonds.